The van der Waals surface area contributed by atoms with Crippen LogP contribution in [0, 0.1) is 0 Å². The van der Waals surface area contributed by atoms with Crippen LogP contribution in [0.15, 0.2) is 46.8 Å². The van der Waals surface area contributed by atoms with E-state index < -0.39 is 23.8 Å². The summed E-state index contributed by atoms with van der Waals surface area (Å²) in [4.78, 5) is 36.2. The minimum Gasteiger partial charge on any atom is -0.466 e. The summed E-state index contributed by atoms with van der Waals surface area (Å²) in [7, 11) is 1.29. The largest absolute Gasteiger partial charge is 0.466 e. The van der Waals surface area contributed by atoms with Crippen molar-refractivity contribution in [3.63, 3.8) is 0 Å². The third-order valence-electron chi connectivity index (χ3n) is 4.14. The van der Waals surface area contributed by atoms with E-state index in [1.165, 1.54) is 14.0 Å². The maximum atomic E-state index is 12.6. The van der Waals surface area contributed by atoms with Crippen molar-refractivity contribution >= 4 is 17.9 Å². The molecule has 2 rings (SSSR count). The molecule has 0 aromatic heterocycles. The first-order chi connectivity index (χ1) is 12.8. The molecule has 1 aliphatic heterocycles. The van der Waals surface area contributed by atoms with Gasteiger partial charge in [0.1, 0.15) is 5.75 Å². The summed E-state index contributed by atoms with van der Waals surface area (Å²) in [5.74, 6) is -1.77. The summed E-state index contributed by atoms with van der Waals surface area (Å²) in [6.45, 7) is 6.74. The van der Waals surface area contributed by atoms with Gasteiger partial charge in [0, 0.05) is 18.3 Å². The lowest BCUT2D eigenvalue weighted by molar-refractivity contribution is -0.139. The number of esters is 3. The van der Waals surface area contributed by atoms with Crippen LogP contribution in [0.2, 0.25) is 0 Å². The Morgan fingerprint density at radius 2 is 1.56 bits per heavy atom. The van der Waals surface area contributed by atoms with E-state index >= 15 is 0 Å². The molecule has 0 bridgehead atoms. The summed E-state index contributed by atoms with van der Waals surface area (Å²) in [5, 5.41) is 3.06. The number of carbonyl (C=O) groups is 3. The molecule has 0 radical (unpaired) electrons. The Morgan fingerprint density at radius 1 is 1.00 bits per heavy atom. The van der Waals surface area contributed by atoms with E-state index in [1.807, 2.05) is 0 Å². The Morgan fingerprint density at radius 3 is 2.04 bits per heavy atom. The van der Waals surface area contributed by atoms with Gasteiger partial charge < -0.3 is 19.5 Å². The summed E-state index contributed by atoms with van der Waals surface area (Å²) in [6.07, 6.45) is 0. The molecule has 7 heteroatoms. The Bertz CT molecular complexity index is 819. The van der Waals surface area contributed by atoms with Gasteiger partial charge in [-0.25, -0.2) is 9.59 Å². The van der Waals surface area contributed by atoms with E-state index in [0.29, 0.717) is 33.9 Å². The van der Waals surface area contributed by atoms with E-state index in [0.717, 1.165) is 0 Å². The van der Waals surface area contributed by atoms with Crippen LogP contribution in [0.4, 0.5) is 0 Å². The summed E-state index contributed by atoms with van der Waals surface area (Å²) in [6, 6.07) is 6.64. The van der Waals surface area contributed by atoms with Gasteiger partial charge in [0.25, 0.3) is 0 Å². The molecule has 0 fully saturated rings. The van der Waals surface area contributed by atoms with Crippen LogP contribution in [-0.4, -0.2) is 31.6 Å². The highest BCUT2D eigenvalue weighted by atomic mass is 16.5. The number of dihydropyridines is 1. The van der Waals surface area contributed by atoms with Crippen LogP contribution >= 0.6 is 0 Å². The number of hydrogen-bond acceptors (Lipinski definition) is 7. The number of methoxy groups -OCH3 is 1. The molecule has 0 aliphatic carbocycles. The van der Waals surface area contributed by atoms with Gasteiger partial charge in [0.2, 0.25) is 0 Å². The van der Waals surface area contributed by atoms with Gasteiger partial charge in [0.15, 0.2) is 0 Å². The fourth-order valence-electron chi connectivity index (χ4n) is 3.08. The van der Waals surface area contributed by atoms with Gasteiger partial charge in [-0.1, -0.05) is 12.1 Å². The Hall–Kier alpha value is -3.09. The standard InChI is InChI=1S/C20H23NO6/c1-6-26-20(24)17-12(3)21-11(2)16(19(23)25-5)18(17)14-7-9-15(10-8-14)27-13(4)22/h7-10,18,21H,6H2,1-5H3. The monoisotopic (exact) mass is 373 g/mol. The van der Waals surface area contributed by atoms with Gasteiger partial charge in [-0.05, 0) is 38.5 Å². The molecule has 144 valence electrons. The summed E-state index contributed by atoms with van der Waals surface area (Å²) in [5.41, 5.74) is 2.54. The molecule has 1 atom stereocenters. The molecule has 1 unspecified atom stereocenters. The van der Waals surface area contributed by atoms with Crippen LogP contribution < -0.4 is 10.1 Å². The van der Waals surface area contributed by atoms with E-state index in [-0.39, 0.29) is 6.61 Å². The molecule has 7 nitrogen and oxygen atoms in total. The molecule has 1 aromatic carbocycles. The summed E-state index contributed by atoms with van der Waals surface area (Å²) >= 11 is 0. The molecule has 1 N–H and O–H groups in total. The normalized spacial score (nSPS) is 16.6. The van der Waals surface area contributed by atoms with Crippen LogP contribution in [0.1, 0.15) is 39.2 Å². The average molecular weight is 373 g/mol. The quantitative estimate of drug-likeness (QED) is 0.626. The molecular weight excluding hydrogens is 350 g/mol. The fourth-order valence-corrected chi connectivity index (χ4v) is 3.08. The molecule has 1 aliphatic rings. The lowest BCUT2D eigenvalue weighted by atomic mass is 9.80. The second-order valence-electron chi connectivity index (χ2n) is 6.01. The smallest absolute Gasteiger partial charge is 0.336 e. The van der Waals surface area contributed by atoms with Gasteiger partial charge >= 0.3 is 17.9 Å². The summed E-state index contributed by atoms with van der Waals surface area (Å²) < 4.78 is 15.2. The third kappa shape index (κ3) is 4.36. The van der Waals surface area contributed by atoms with E-state index in [2.05, 4.69) is 5.32 Å². The second-order valence-corrected chi connectivity index (χ2v) is 6.01. The molecule has 27 heavy (non-hydrogen) atoms. The van der Waals surface area contributed by atoms with Crippen molar-refractivity contribution < 1.29 is 28.6 Å². The average Bonchev–Trinajstić information content (AvgIpc) is 2.60. The molecule has 0 saturated heterocycles. The number of carbonyl (C=O) groups excluding carboxylic acids is 3. The lowest BCUT2D eigenvalue weighted by Crippen LogP contribution is -2.32. The molecule has 0 spiro atoms. The topological polar surface area (TPSA) is 90.9 Å². The minimum atomic E-state index is -0.663. The third-order valence-corrected chi connectivity index (χ3v) is 4.14. The first kappa shape index (κ1) is 20.2. The van der Waals surface area contributed by atoms with Crippen LogP contribution in [0.3, 0.4) is 0 Å². The molecule has 1 heterocycles. The van der Waals surface area contributed by atoms with Crippen molar-refractivity contribution in [3.05, 3.63) is 52.4 Å². The van der Waals surface area contributed by atoms with Crippen LogP contribution in [0.25, 0.3) is 0 Å². The van der Waals surface area contributed by atoms with Gasteiger partial charge in [0.05, 0.1) is 30.8 Å². The van der Waals surface area contributed by atoms with Crippen molar-refractivity contribution in [2.24, 2.45) is 0 Å². The molecular formula is C20H23NO6. The van der Waals surface area contributed by atoms with E-state index in [1.54, 1.807) is 45.0 Å². The molecule has 0 amide bonds. The number of ether oxygens (including phenoxy) is 3. The zero-order valence-corrected chi connectivity index (χ0v) is 16.0. The predicted octanol–water partition coefficient (Wildman–Crippen LogP) is 2.58. The van der Waals surface area contributed by atoms with Crippen molar-refractivity contribution in [2.45, 2.75) is 33.6 Å². The highest BCUT2D eigenvalue weighted by molar-refractivity contribution is 5.99. The van der Waals surface area contributed by atoms with Crippen molar-refractivity contribution in [2.75, 3.05) is 13.7 Å². The first-order valence-electron chi connectivity index (χ1n) is 8.52. The molecule has 1 aromatic rings. The van der Waals surface area contributed by atoms with E-state index in [9.17, 15) is 14.4 Å². The number of benzene rings is 1. The highest BCUT2D eigenvalue weighted by Gasteiger charge is 2.37. The zero-order chi connectivity index (χ0) is 20.1. The molecule has 0 saturated carbocycles. The van der Waals surface area contributed by atoms with Crippen LogP contribution in [0.5, 0.6) is 5.75 Å². The van der Waals surface area contributed by atoms with Gasteiger partial charge in [-0.2, -0.15) is 0 Å². The number of nitrogens with one attached hydrogen (secondary N) is 1. The predicted molar refractivity (Wildman–Crippen MR) is 97.7 cm³/mol. The van der Waals surface area contributed by atoms with E-state index in [4.69, 9.17) is 14.2 Å². The number of allylic oxidation sites excluding steroid dienone is 2. The Kier molecular flexibility index (Phi) is 6.39. The maximum absolute atomic E-state index is 12.6. The Balaban J connectivity index is 2.57. The van der Waals surface area contributed by atoms with Crippen molar-refractivity contribution in [1.82, 2.24) is 5.32 Å². The van der Waals surface area contributed by atoms with Gasteiger partial charge in [-0.3, -0.25) is 4.79 Å². The zero-order valence-electron chi connectivity index (χ0n) is 16.0. The SMILES string of the molecule is CCOC(=O)C1=C(C)NC(C)=C(C(=O)OC)C1c1ccc(OC(C)=O)cc1. The minimum absolute atomic E-state index is 0.212. The van der Waals surface area contributed by atoms with Crippen molar-refractivity contribution in [3.8, 4) is 5.75 Å². The number of hydrogen-bond donors (Lipinski definition) is 1. The van der Waals surface area contributed by atoms with Crippen molar-refractivity contribution in [1.29, 1.82) is 0 Å². The lowest BCUT2D eigenvalue weighted by Gasteiger charge is -2.30. The highest BCUT2D eigenvalue weighted by Crippen LogP contribution is 2.39. The van der Waals surface area contributed by atoms with Crippen LogP contribution in [-0.2, 0) is 23.9 Å². The first-order valence-corrected chi connectivity index (χ1v) is 8.52. The Labute approximate surface area is 158 Å². The fraction of sp³-hybridized carbons (Fsp3) is 0.350. The number of rotatable bonds is 5. The second kappa shape index (κ2) is 8.53. The van der Waals surface area contributed by atoms with Gasteiger partial charge in [-0.15, -0.1) is 0 Å². The maximum Gasteiger partial charge on any atom is 0.336 e.